The van der Waals surface area contributed by atoms with Gasteiger partial charge in [0.2, 0.25) is 0 Å². The molecule has 1 amide bonds. The van der Waals surface area contributed by atoms with Crippen LogP contribution in [0, 0.1) is 17.1 Å². The molecule has 0 aliphatic heterocycles. The number of sulfone groups is 1. The number of nitrogens with one attached hydrogen (secondary N) is 1. The van der Waals surface area contributed by atoms with Crippen molar-refractivity contribution in [3.63, 3.8) is 0 Å². The predicted octanol–water partition coefficient (Wildman–Crippen LogP) is 4.42. The van der Waals surface area contributed by atoms with Crippen LogP contribution in [0.2, 0.25) is 0 Å². The molecule has 1 aromatic heterocycles. The Labute approximate surface area is 218 Å². The first-order valence-electron chi connectivity index (χ1n) is 11.3. The molecule has 0 bridgehead atoms. The molecule has 0 aliphatic carbocycles. The normalized spacial score (nSPS) is 11.2. The summed E-state index contributed by atoms with van der Waals surface area (Å²) in [6.07, 6.45) is 1.07. The van der Waals surface area contributed by atoms with Gasteiger partial charge in [0.1, 0.15) is 41.1 Å². The van der Waals surface area contributed by atoms with Gasteiger partial charge in [0.05, 0.1) is 24.3 Å². The van der Waals surface area contributed by atoms with Crippen LogP contribution in [0.25, 0.3) is 22.3 Å². The van der Waals surface area contributed by atoms with Crippen molar-refractivity contribution in [2.75, 3.05) is 31.4 Å². The van der Waals surface area contributed by atoms with E-state index in [4.69, 9.17) is 19.3 Å². The Balaban J connectivity index is 1.88. The van der Waals surface area contributed by atoms with Gasteiger partial charge in [0.25, 0.3) is 5.91 Å². The Morgan fingerprint density at radius 1 is 1.13 bits per heavy atom. The first-order chi connectivity index (χ1) is 18.1. The van der Waals surface area contributed by atoms with Gasteiger partial charge in [-0.15, -0.1) is 0 Å². The van der Waals surface area contributed by atoms with Gasteiger partial charge in [-0.05, 0) is 48.0 Å². The maximum absolute atomic E-state index is 13.6. The van der Waals surface area contributed by atoms with Gasteiger partial charge in [-0.25, -0.2) is 17.9 Å². The van der Waals surface area contributed by atoms with Crippen molar-refractivity contribution >= 4 is 32.4 Å². The van der Waals surface area contributed by atoms with E-state index in [0.717, 1.165) is 16.9 Å². The molecule has 0 saturated carbocycles. The molecule has 0 aliphatic rings. The van der Waals surface area contributed by atoms with E-state index >= 15 is 0 Å². The van der Waals surface area contributed by atoms with Crippen LogP contribution >= 0.6 is 0 Å². The van der Waals surface area contributed by atoms with Crippen LogP contribution in [-0.4, -0.2) is 40.6 Å². The third-order valence-electron chi connectivity index (χ3n) is 5.65. The number of anilines is 1. The van der Waals surface area contributed by atoms with Crippen molar-refractivity contribution in [2.45, 2.75) is 6.61 Å². The highest BCUT2D eigenvalue weighted by Gasteiger charge is 2.26. The van der Waals surface area contributed by atoms with Crippen LogP contribution in [0.15, 0.2) is 65.1 Å². The lowest BCUT2D eigenvalue weighted by Gasteiger charge is -2.23. The number of furan rings is 1. The van der Waals surface area contributed by atoms with E-state index in [-0.39, 0.29) is 35.0 Å². The van der Waals surface area contributed by atoms with Gasteiger partial charge in [0.15, 0.2) is 9.84 Å². The second-order valence-corrected chi connectivity index (χ2v) is 10.5. The minimum Gasteiger partial charge on any atom is -0.487 e. The summed E-state index contributed by atoms with van der Waals surface area (Å²) in [5.74, 6) is -0.918. The highest BCUT2D eigenvalue weighted by atomic mass is 32.2. The molecule has 0 atom stereocenters. The van der Waals surface area contributed by atoms with E-state index < -0.39 is 27.4 Å². The van der Waals surface area contributed by atoms with Crippen LogP contribution in [0.4, 0.5) is 10.1 Å². The standard InChI is InChI=1S/C27H24FN3O6S/c1-30-27(32)25-21-12-24(36-15-18-6-4-17(14-29)5-7-18)22(31(35-2)16-38(3,33)34)13-23(21)37-26(25)19-8-10-20(28)11-9-19/h4-13H,15-16H2,1-3H3,(H,30,32). The van der Waals surface area contributed by atoms with Crippen LogP contribution in [0.1, 0.15) is 21.5 Å². The van der Waals surface area contributed by atoms with Crippen LogP contribution in [0.3, 0.4) is 0 Å². The van der Waals surface area contributed by atoms with E-state index in [9.17, 15) is 17.6 Å². The summed E-state index contributed by atoms with van der Waals surface area (Å²) in [5.41, 5.74) is 2.45. The van der Waals surface area contributed by atoms with Gasteiger partial charge >= 0.3 is 0 Å². The van der Waals surface area contributed by atoms with Crippen molar-refractivity contribution in [1.82, 2.24) is 5.32 Å². The molecule has 196 valence electrons. The van der Waals surface area contributed by atoms with E-state index in [2.05, 4.69) is 11.4 Å². The van der Waals surface area contributed by atoms with Gasteiger partial charge < -0.3 is 14.5 Å². The molecule has 1 N–H and O–H groups in total. The van der Waals surface area contributed by atoms with Gasteiger partial charge in [0, 0.05) is 30.3 Å². The minimum atomic E-state index is -3.51. The molecular formula is C27H24FN3O6S. The van der Waals surface area contributed by atoms with Gasteiger partial charge in [-0.3, -0.25) is 9.63 Å². The summed E-state index contributed by atoms with van der Waals surface area (Å²) in [6.45, 7) is 0.0820. The summed E-state index contributed by atoms with van der Waals surface area (Å²) >= 11 is 0. The lowest BCUT2D eigenvalue weighted by atomic mass is 10.0. The first-order valence-corrected chi connectivity index (χ1v) is 13.4. The summed E-state index contributed by atoms with van der Waals surface area (Å²) in [6, 6.07) is 17.4. The van der Waals surface area contributed by atoms with Gasteiger partial charge in [-0.1, -0.05) is 12.1 Å². The number of hydroxylamine groups is 1. The lowest BCUT2D eigenvalue weighted by molar-refractivity contribution is 0.0964. The Kier molecular flexibility index (Phi) is 7.66. The number of benzene rings is 3. The smallest absolute Gasteiger partial charge is 0.255 e. The third-order valence-corrected chi connectivity index (χ3v) is 6.35. The van der Waals surface area contributed by atoms with E-state index in [1.54, 1.807) is 30.3 Å². The Morgan fingerprint density at radius 2 is 1.82 bits per heavy atom. The number of amides is 1. The molecule has 0 saturated heterocycles. The lowest BCUT2D eigenvalue weighted by Crippen LogP contribution is -2.28. The molecule has 1 heterocycles. The molecular weight excluding hydrogens is 513 g/mol. The van der Waals surface area contributed by atoms with Crippen LogP contribution in [-0.2, 0) is 21.3 Å². The largest absolute Gasteiger partial charge is 0.487 e. The van der Waals surface area contributed by atoms with E-state index in [0.29, 0.717) is 16.5 Å². The zero-order valence-corrected chi connectivity index (χ0v) is 21.6. The summed E-state index contributed by atoms with van der Waals surface area (Å²) in [7, 11) is -0.713. The predicted molar refractivity (Wildman–Crippen MR) is 140 cm³/mol. The molecule has 38 heavy (non-hydrogen) atoms. The number of hydrogen-bond acceptors (Lipinski definition) is 8. The number of halogens is 1. The number of nitrogens with zero attached hydrogens (tertiary/aromatic N) is 2. The molecule has 3 aromatic carbocycles. The number of ether oxygens (including phenoxy) is 1. The monoisotopic (exact) mass is 537 g/mol. The minimum absolute atomic E-state index is 0.0820. The van der Waals surface area contributed by atoms with Crippen molar-refractivity contribution in [3.05, 3.63) is 83.2 Å². The maximum Gasteiger partial charge on any atom is 0.255 e. The fourth-order valence-corrected chi connectivity index (χ4v) is 4.52. The fraction of sp³-hybridized carbons (Fsp3) is 0.185. The number of carbonyl (C=O) groups is 1. The van der Waals surface area contributed by atoms with E-state index in [1.807, 2.05) is 0 Å². The summed E-state index contributed by atoms with van der Waals surface area (Å²) in [5, 5.41) is 13.2. The molecule has 11 heteroatoms. The fourth-order valence-electron chi connectivity index (χ4n) is 3.85. The molecule has 4 rings (SSSR count). The van der Waals surface area contributed by atoms with Crippen molar-refractivity contribution in [2.24, 2.45) is 0 Å². The number of fused-ring (bicyclic) bond motifs is 1. The third kappa shape index (κ3) is 5.77. The highest BCUT2D eigenvalue weighted by Crippen LogP contribution is 2.41. The molecule has 4 aromatic rings. The number of nitriles is 1. The van der Waals surface area contributed by atoms with Crippen LogP contribution < -0.4 is 15.1 Å². The van der Waals surface area contributed by atoms with Crippen LogP contribution in [0.5, 0.6) is 5.75 Å². The average molecular weight is 538 g/mol. The van der Waals surface area contributed by atoms with Gasteiger partial charge in [-0.2, -0.15) is 5.26 Å². The number of rotatable bonds is 9. The zero-order valence-electron chi connectivity index (χ0n) is 20.8. The van der Waals surface area contributed by atoms with E-state index in [1.165, 1.54) is 44.5 Å². The van der Waals surface area contributed by atoms with Crippen molar-refractivity contribution in [3.8, 4) is 23.1 Å². The summed E-state index contributed by atoms with van der Waals surface area (Å²) in [4.78, 5) is 18.3. The second-order valence-electron chi connectivity index (χ2n) is 8.42. The zero-order chi connectivity index (χ0) is 27.4. The highest BCUT2D eigenvalue weighted by molar-refractivity contribution is 7.90. The number of carbonyl (C=O) groups excluding carboxylic acids is 1. The Morgan fingerprint density at radius 3 is 2.39 bits per heavy atom. The maximum atomic E-state index is 13.6. The van der Waals surface area contributed by atoms with Crippen molar-refractivity contribution < 1.29 is 31.6 Å². The molecule has 0 spiro atoms. The Hall–Kier alpha value is -4.40. The molecule has 0 radical (unpaired) electrons. The summed E-state index contributed by atoms with van der Waals surface area (Å²) < 4.78 is 49.9. The Bertz CT molecular complexity index is 1620. The average Bonchev–Trinajstić information content (AvgIpc) is 3.28. The molecule has 9 nitrogen and oxygen atoms in total. The topological polar surface area (TPSA) is 122 Å². The quantitative estimate of drug-likeness (QED) is 0.312. The first kappa shape index (κ1) is 26.7. The van der Waals surface area contributed by atoms with Crippen molar-refractivity contribution in [1.29, 1.82) is 5.26 Å². The number of hydrogen-bond donors (Lipinski definition) is 1. The SMILES string of the molecule is CNC(=O)c1c(-c2ccc(F)cc2)oc2cc(N(CS(C)(=O)=O)OC)c(OCc3ccc(C#N)cc3)cc12. The molecule has 0 unspecified atom stereocenters. The second kappa shape index (κ2) is 10.9. The molecule has 0 fully saturated rings.